The molecule has 0 spiro atoms. The molecular weight excluding hydrogens is 274 g/mol. The second kappa shape index (κ2) is 11.1. The quantitative estimate of drug-likeness (QED) is 0.462. The van der Waals surface area contributed by atoms with Crippen molar-refractivity contribution in [1.29, 1.82) is 0 Å². The van der Waals surface area contributed by atoms with Crippen LogP contribution in [0.1, 0.15) is 51.5 Å². The molecule has 0 saturated carbocycles. The molecule has 1 rings (SSSR count). The fourth-order valence-electron chi connectivity index (χ4n) is 2.22. The highest BCUT2D eigenvalue weighted by atomic mass is 16.5. The van der Waals surface area contributed by atoms with Gasteiger partial charge in [0.15, 0.2) is 11.5 Å². The van der Waals surface area contributed by atoms with E-state index in [9.17, 15) is 5.11 Å². The summed E-state index contributed by atoms with van der Waals surface area (Å²) >= 11 is 0. The van der Waals surface area contributed by atoms with Crippen molar-refractivity contribution in [2.75, 3.05) is 13.7 Å². The molecule has 0 heterocycles. The van der Waals surface area contributed by atoms with Crippen molar-refractivity contribution < 1.29 is 9.84 Å². The summed E-state index contributed by atoms with van der Waals surface area (Å²) in [6.45, 7) is 6.33. The van der Waals surface area contributed by atoms with Crippen LogP contribution < -0.4 is 10.1 Å². The predicted molar refractivity (Wildman–Crippen MR) is 93.4 cm³/mol. The zero-order chi connectivity index (χ0) is 16.2. The van der Waals surface area contributed by atoms with Gasteiger partial charge in [-0.1, -0.05) is 44.9 Å². The minimum Gasteiger partial charge on any atom is -0.504 e. The molecule has 0 aliphatic rings. The molecule has 0 amide bonds. The van der Waals surface area contributed by atoms with Crippen molar-refractivity contribution in [2.45, 2.75) is 52.5 Å². The lowest BCUT2D eigenvalue weighted by Gasteiger charge is -2.08. The Morgan fingerprint density at radius 2 is 2.09 bits per heavy atom. The van der Waals surface area contributed by atoms with E-state index in [1.165, 1.54) is 32.1 Å². The topological polar surface area (TPSA) is 41.5 Å². The summed E-state index contributed by atoms with van der Waals surface area (Å²) in [4.78, 5) is 0. The Morgan fingerprint density at radius 1 is 1.27 bits per heavy atom. The zero-order valence-electron chi connectivity index (χ0n) is 14.3. The molecule has 0 aromatic heterocycles. The largest absolute Gasteiger partial charge is 0.504 e. The minimum atomic E-state index is 0.191. The van der Waals surface area contributed by atoms with Crippen molar-refractivity contribution >= 4 is 0 Å². The van der Waals surface area contributed by atoms with Crippen molar-refractivity contribution in [3.05, 3.63) is 35.9 Å². The van der Waals surface area contributed by atoms with Gasteiger partial charge in [-0.25, -0.2) is 0 Å². The second-order valence-electron chi connectivity index (χ2n) is 5.85. The molecule has 0 radical (unpaired) electrons. The van der Waals surface area contributed by atoms with E-state index in [0.29, 0.717) is 11.7 Å². The number of ether oxygens (including phenoxy) is 1. The molecule has 0 aliphatic heterocycles. The number of benzene rings is 1. The maximum atomic E-state index is 9.55. The molecule has 22 heavy (non-hydrogen) atoms. The Hall–Kier alpha value is -1.48. The maximum Gasteiger partial charge on any atom is 0.160 e. The van der Waals surface area contributed by atoms with Gasteiger partial charge in [0.05, 0.1) is 7.11 Å². The Labute approximate surface area is 135 Å². The van der Waals surface area contributed by atoms with Gasteiger partial charge in [-0.05, 0) is 49.4 Å². The van der Waals surface area contributed by atoms with Crippen LogP contribution in [0.5, 0.6) is 11.5 Å². The number of phenols is 1. The zero-order valence-corrected chi connectivity index (χ0v) is 14.3. The molecular formula is C19H31NO2. The third kappa shape index (κ3) is 7.51. The van der Waals surface area contributed by atoms with Crippen molar-refractivity contribution in [1.82, 2.24) is 5.32 Å². The van der Waals surface area contributed by atoms with Gasteiger partial charge in [0.25, 0.3) is 0 Å². The Balaban J connectivity index is 2.07. The summed E-state index contributed by atoms with van der Waals surface area (Å²) in [5.74, 6) is 1.44. The SMILES string of the molecule is CCC(C)C=CCCCCCNCc1ccc(O)c(OC)c1. The van der Waals surface area contributed by atoms with Crippen LogP contribution in [0, 0.1) is 5.92 Å². The maximum absolute atomic E-state index is 9.55. The number of hydrogen-bond acceptors (Lipinski definition) is 3. The predicted octanol–water partition coefficient (Wildman–Crippen LogP) is 4.65. The monoisotopic (exact) mass is 305 g/mol. The van der Waals surface area contributed by atoms with E-state index in [-0.39, 0.29) is 5.75 Å². The number of aromatic hydroxyl groups is 1. The average molecular weight is 305 g/mol. The molecule has 124 valence electrons. The molecule has 0 fully saturated rings. The lowest BCUT2D eigenvalue weighted by molar-refractivity contribution is 0.372. The van der Waals surface area contributed by atoms with Gasteiger partial charge in [-0.3, -0.25) is 0 Å². The van der Waals surface area contributed by atoms with Crippen LogP contribution in [-0.4, -0.2) is 18.8 Å². The summed E-state index contributed by atoms with van der Waals surface area (Å²) in [6, 6.07) is 5.48. The van der Waals surface area contributed by atoms with Gasteiger partial charge in [-0.2, -0.15) is 0 Å². The Bertz CT molecular complexity index is 443. The molecule has 3 heteroatoms. The number of methoxy groups -OCH3 is 1. The first-order valence-electron chi connectivity index (χ1n) is 8.40. The molecule has 1 aromatic carbocycles. The first-order valence-corrected chi connectivity index (χ1v) is 8.40. The number of allylic oxidation sites excluding steroid dienone is 2. The van der Waals surface area contributed by atoms with Gasteiger partial charge < -0.3 is 15.2 Å². The third-order valence-electron chi connectivity index (χ3n) is 3.91. The third-order valence-corrected chi connectivity index (χ3v) is 3.91. The number of hydrogen-bond donors (Lipinski definition) is 2. The molecule has 0 saturated heterocycles. The van der Waals surface area contributed by atoms with Crippen molar-refractivity contribution in [3.63, 3.8) is 0 Å². The number of nitrogens with one attached hydrogen (secondary N) is 1. The van der Waals surface area contributed by atoms with Crippen LogP contribution in [0.4, 0.5) is 0 Å². The fraction of sp³-hybridized carbons (Fsp3) is 0.579. The molecule has 2 N–H and O–H groups in total. The Kier molecular flexibility index (Phi) is 9.40. The Morgan fingerprint density at radius 3 is 2.82 bits per heavy atom. The summed E-state index contributed by atoms with van der Waals surface area (Å²) < 4.78 is 5.11. The van der Waals surface area contributed by atoms with Gasteiger partial charge >= 0.3 is 0 Å². The van der Waals surface area contributed by atoms with Gasteiger partial charge in [-0.15, -0.1) is 0 Å². The minimum absolute atomic E-state index is 0.191. The van der Waals surface area contributed by atoms with Gasteiger partial charge in [0, 0.05) is 6.54 Å². The lowest BCUT2D eigenvalue weighted by atomic mass is 10.1. The van der Waals surface area contributed by atoms with E-state index >= 15 is 0 Å². The average Bonchev–Trinajstić information content (AvgIpc) is 2.54. The first kappa shape index (κ1) is 18.6. The van der Waals surface area contributed by atoms with E-state index < -0.39 is 0 Å². The fourth-order valence-corrected chi connectivity index (χ4v) is 2.22. The van der Waals surface area contributed by atoms with Crippen LogP contribution in [0.2, 0.25) is 0 Å². The van der Waals surface area contributed by atoms with E-state index in [0.717, 1.165) is 18.7 Å². The molecule has 1 aromatic rings. The summed E-state index contributed by atoms with van der Waals surface area (Å²) in [7, 11) is 1.57. The van der Waals surface area contributed by atoms with Crippen LogP contribution in [0.25, 0.3) is 0 Å². The molecule has 0 bridgehead atoms. The van der Waals surface area contributed by atoms with Crippen molar-refractivity contribution in [3.8, 4) is 11.5 Å². The number of unbranched alkanes of at least 4 members (excludes halogenated alkanes) is 3. The second-order valence-corrected chi connectivity index (χ2v) is 5.85. The van der Waals surface area contributed by atoms with Crippen LogP contribution >= 0.6 is 0 Å². The molecule has 1 atom stereocenters. The van der Waals surface area contributed by atoms with Crippen LogP contribution in [0.15, 0.2) is 30.4 Å². The van der Waals surface area contributed by atoms with Gasteiger partial charge in [0.2, 0.25) is 0 Å². The number of rotatable bonds is 11. The number of phenolic OH excluding ortho intramolecular Hbond substituents is 1. The van der Waals surface area contributed by atoms with Crippen LogP contribution in [0.3, 0.4) is 0 Å². The van der Waals surface area contributed by atoms with Crippen LogP contribution in [-0.2, 0) is 6.54 Å². The standard InChI is InChI=1S/C19H31NO2/c1-4-16(2)10-8-6-5-7-9-13-20-15-17-11-12-18(21)19(14-17)22-3/h8,10-12,14,16,20-21H,4-7,9,13,15H2,1-3H3. The van der Waals surface area contributed by atoms with E-state index in [1.54, 1.807) is 13.2 Å². The van der Waals surface area contributed by atoms with Gasteiger partial charge in [0.1, 0.15) is 0 Å². The summed E-state index contributed by atoms with van der Waals surface area (Å²) in [6.07, 6.45) is 10.8. The molecule has 0 aliphatic carbocycles. The molecule has 3 nitrogen and oxygen atoms in total. The van der Waals surface area contributed by atoms with E-state index in [1.807, 2.05) is 12.1 Å². The summed E-state index contributed by atoms with van der Waals surface area (Å²) in [5, 5.41) is 13.0. The lowest BCUT2D eigenvalue weighted by Crippen LogP contribution is -2.14. The molecule has 1 unspecified atom stereocenters. The van der Waals surface area contributed by atoms with E-state index in [2.05, 4.69) is 31.3 Å². The highest BCUT2D eigenvalue weighted by Gasteiger charge is 2.02. The van der Waals surface area contributed by atoms with E-state index in [4.69, 9.17) is 4.74 Å². The normalized spacial score (nSPS) is 12.7. The smallest absolute Gasteiger partial charge is 0.160 e. The highest BCUT2D eigenvalue weighted by molar-refractivity contribution is 5.41. The summed E-state index contributed by atoms with van der Waals surface area (Å²) in [5.41, 5.74) is 1.13. The highest BCUT2D eigenvalue weighted by Crippen LogP contribution is 2.26. The van der Waals surface area contributed by atoms with Crippen molar-refractivity contribution in [2.24, 2.45) is 5.92 Å². The first-order chi connectivity index (χ1) is 10.7.